The summed E-state index contributed by atoms with van der Waals surface area (Å²) < 4.78 is 36.0. The van der Waals surface area contributed by atoms with Gasteiger partial charge in [0.25, 0.3) is 0 Å². The van der Waals surface area contributed by atoms with Crippen LogP contribution in [-0.4, -0.2) is 29.5 Å². The first kappa shape index (κ1) is 16.7. The number of nitrogens with zero attached hydrogens (tertiary/aromatic N) is 1. The van der Waals surface area contributed by atoms with E-state index in [1.165, 1.54) is 0 Å². The molecule has 0 saturated carbocycles. The summed E-state index contributed by atoms with van der Waals surface area (Å²) in [5.74, 6) is -1.35. The molecule has 1 heterocycles. The number of alkyl halides is 3. The van der Waals surface area contributed by atoms with E-state index in [1.807, 2.05) is 0 Å². The Morgan fingerprint density at radius 3 is 2.61 bits per heavy atom. The summed E-state index contributed by atoms with van der Waals surface area (Å²) >= 11 is 0. The Labute approximate surface area is 129 Å². The van der Waals surface area contributed by atoms with Crippen molar-refractivity contribution in [2.75, 3.05) is 11.9 Å². The lowest BCUT2D eigenvalue weighted by molar-refractivity contribution is -0.144. The molecule has 23 heavy (non-hydrogen) atoms. The molecule has 0 spiro atoms. The zero-order valence-electron chi connectivity index (χ0n) is 12.0. The minimum Gasteiger partial charge on any atom is -0.347 e. The van der Waals surface area contributed by atoms with Crippen LogP contribution in [0.1, 0.15) is 12.8 Å². The monoisotopic (exact) mass is 325 g/mol. The molecule has 1 aromatic heterocycles. The fraction of sp³-hybridized carbons (Fsp3) is 0.267. The number of pyridine rings is 1. The van der Waals surface area contributed by atoms with E-state index in [9.17, 15) is 22.8 Å². The van der Waals surface area contributed by atoms with Gasteiger partial charge in [-0.1, -0.05) is 6.07 Å². The summed E-state index contributed by atoms with van der Waals surface area (Å²) in [7, 11) is 0. The van der Waals surface area contributed by atoms with Crippen molar-refractivity contribution in [3.05, 3.63) is 36.5 Å². The molecule has 0 aliphatic heterocycles. The second kappa shape index (κ2) is 7.08. The van der Waals surface area contributed by atoms with Gasteiger partial charge in [-0.2, -0.15) is 13.2 Å². The molecule has 0 unspecified atom stereocenters. The lowest BCUT2D eigenvalue weighted by Crippen LogP contribution is -2.33. The number of benzene rings is 1. The number of carbonyl (C=O) groups is 2. The number of amides is 2. The predicted octanol–water partition coefficient (Wildman–Crippen LogP) is 2.63. The zero-order valence-corrected chi connectivity index (χ0v) is 12.0. The van der Waals surface area contributed by atoms with Crippen LogP contribution in [0.3, 0.4) is 0 Å². The molecule has 0 bridgehead atoms. The van der Waals surface area contributed by atoms with Crippen LogP contribution < -0.4 is 10.6 Å². The van der Waals surface area contributed by atoms with Crippen LogP contribution in [0, 0.1) is 0 Å². The van der Waals surface area contributed by atoms with Crippen LogP contribution in [0.4, 0.5) is 18.9 Å². The summed E-state index contributed by atoms with van der Waals surface area (Å²) in [6.45, 7) is -0.395. The van der Waals surface area contributed by atoms with Gasteiger partial charge in [-0.25, -0.2) is 0 Å². The Balaban J connectivity index is 1.88. The van der Waals surface area contributed by atoms with E-state index >= 15 is 0 Å². The molecule has 0 aliphatic carbocycles. The third kappa shape index (κ3) is 5.24. The lowest BCUT2D eigenvalue weighted by atomic mass is 10.2. The largest absolute Gasteiger partial charge is 0.389 e. The van der Waals surface area contributed by atoms with Gasteiger partial charge >= 0.3 is 6.18 Å². The zero-order chi connectivity index (χ0) is 16.9. The molecular weight excluding hydrogens is 311 g/mol. The van der Waals surface area contributed by atoms with E-state index in [0.29, 0.717) is 11.2 Å². The number of fused-ring (bicyclic) bond motifs is 1. The molecule has 2 aromatic rings. The van der Waals surface area contributed by atoms with Gasteiger partial charge in [-0.05, 0) is 24.3 Å². The van der Waals surface area contributed by atoms with Crippen molar-refractivity contribution >= 4 is 28.4 Å². The minimum atomic E-state index is -4.39. The van der Waals surface area contributed by atoms with E-state index < -0.39 is 37.4 Å². The molecule has 2 N–H and O–H groups in total. The number of nitrogens with one attached hydrogen (secondary N) is 2. The fourth-order valence-electron chi connectivity index (χ4n) is 1.93. The number of carbonyl (C=O) groups excluding carboxylic acids is 2. The second-order valence-electron chi connectivity index (χ2n) is 4.82. The molecule has 2 rings (SSSR count). The summed E-state index contributed by atoms with van der Waals surface area (Å²) in [5, 5.41) is 5.48. The maximum Gasteiger partial charge on any atom is 0.389 e. The quantitative estimate of drug-likeness (QED) is 0.888. The highest BCUT2D eigenvalue weighted by atomic mass is 19.4. The van der Waals surface area contributed by atoms with E-state index in [2.05, 4.69) is 15.6 Å². The van der Waals surface area contributed by atoms with Crippen LogP contribution in [0.15, 0.2) is 36.5 Å². The van der Waals surface area contributed by atoms with Gasteiger partial charge in [0.1, 0.15) is 0 Å². The van der Waals surface area contributed by atoms with Crippen LogP contribution >= 0.6 is 0 Å². The number of rotatable bonds is 5. The minimum absolute atomic E-state index is 0.395. The molecule has 2 amide bonds. The van der Waals surface area contributed by atoms with Crippen molar-refractivity contribution in [2.24, 2.45) is 0 Å². The van der Waals surface area contributed by atoms with Crippen LogP contribution in [0.2, 0.25) is 0 Å². The van der Waals surface area contributed by atoms with Crippen molar-refractivity contribution in [3.63, 3.8) is 0 Å². The third-order valence-corrected chi connectivity index (χ3v) is 3.00. The summed E-state index contributed by atoms with van der Waals surface area (Å²) in [5.41, 5.74) is 1.21. The van der Waals surface area contributed by atoms with Crippen molar-refractivity contribution in [1.29, 1.82) is 0 Å². The molecule has 0 fully saturated rings. The highest BCUT2D eigenvalue weighted by molar-refractivity contribution is 6.02. The molecule has 0 radical (unpaired) electrons. The third-order valence-electron chi connectivity index (χ3n) is 3.00. The van der Waals surface area contributed by atoms with Crippen LogP contribution in [0.5, 0.6) is 0 Å². The smallest absolute Gasteiger partial charge is 0.347 e. The maximum absolute atomic E-state index is 12.0. The molecule has 1 aromatic carbocycles. The fourth-order valence-corrected chi connectivity index (χ4v) is 1.93. The van der Waals surface area contributed by atoms with Crippen molar-refractivity contribution in [3.8, 4) is 0 Å². The first-order valence-electron chi connectivity index (χ1n) is 6.82. The summed E-state index contributed by atoms with van der Waals surface area (Å²) in [6, 6.07) is 8.67. The Kier molecular flexibility index (Phi) is 5.15. The molecule has 0 aliphatic rings. The molecular formula is C15H14F3N3O2. The van der Waals surface area contributed by atoms with Gasteiger partial charge in [0.2, 0.25) is 11.8 Å². The van der Waals surface area contributed by atoms with E-state index in [4.69, 9.17) is 0 Å². The predicted molar refractivity (Wildman–Crippen MR) is 78.7 cm³/mol. The van der Waals surface area contributed by atoms with Gasteiger partial charge in [0.05, 0.1) is 24.2 Å². The Morgan fingerprint density at radius 1 is 1.09 bits per heavy atom. The number of hydrogen-bond donors (Lipinski definition) is 2. The average Bonchev–Trinajstić information content (AvgIpc) is 2.50. The molecule has 0 atom stereocenters. The molecule has 0 saturated heterocycles. The van der Waals surface area contributed by atoms with Crippen molar-refractivity contribution in [1.82, 2.24) is 10.3 Å². The first-order valence-corrected chi connectivity index (χ1v) is 6.82. The normalized spacial score (nSPS) is 11.3. The Hall–Kier alpha value is -2.64. The average molecular weight is 325 g/mol. The Morgan fingerprint density at radius 2 is 1.87 bits per heavy atom. The maximum atomic E-state index is 12.0. The standard InChI is InChI=1S/C15H14F3N3O2/c16-15(17,18)7-6-13(22)20-9-14(23)21-12-5-1-4-11-10(12)3-2-8-19-11/h1-5,8H,6-7,9H2,(H,20,22)(H,21,23). The second-order valence-corrected chi connectivity index (χ2v) is 4.82. The highest BCUT2D eigenvalue weighted by Crippen LogP contribution is 2.22. The molecule has 122 valence electrons. The van der Waals surface area contributed by atoms with Gasteiger partial charge in [0.15, 0.2) is 0 Å². The number of anilines is 1. The van der Waals surface area contributed by atoms with Gasteiger partial charge in [0, 0.05) is 18.0 Å². The molecule has 8 heteroatoms. The van der Waals surface area contributed by atoms with Crippen molar-refractivity contribution in [2.45, 2.75) is 19.0 Å². The van der Waals surface area contributed by atoms with Crippen molar-refractivity contribution < 1.29 is 22.8 Å². The topological polar surface area (TPSA) is 71.1 Å². The van der Waals surface area contributed by atoms with E-state index in [0.717, 1.165) is 5.39 Å². The Bertz CT molecular complexity index is 711. The number of aromatic nitrogens is 1. The summed E-state index contributed by atoms with van der Waals surface area (Å²) in [6.07, 6.45) is -4.69. The lowest BCUT2D eigenvalue weighted by Gasteiger charge is -2.10. The number of hydrogen-bond acceptors (Lipinski definition) is 3. The molecule has 5 nitrogen and oxygen atoms in total. The van der Waals surface area contributed by atoms with Gasteiger partial charge in [-0.15, -0.1) is 0 Å². The van der Waals surface area contributed by atoms with Crippen LogP contribution in [0.25, 0.3) is 10.9 Å². The van der Waals surface area contributed by atoms with Gasteiger partial charge < -0.3 is 10.6 Å². The first-order chi connectivity index (χ1) is 10.8. The van der Waals surface area contributed by atoms with Crippen LogP contribution in [-0.2, 0) is 9.59 Å². The van der Waals surface area contributed by atoms with E-state index in [1.54, 1.807) is 36.5 Å². The number of halogens is 3. The summed E-state index contributed by atoms with van der Waals surface area (Å²) in [4.78, 5) is 27.2. The highest BCUT2D eigenvalue weighted by Gasteiger charge is 2.27. The van der Waals surface area contributed by atoms with E-state index in [-0.39, 0.29) is 0 Å². The van der Waals surface area contributed by atoms with Gasteiger partial charge in [-0.3, -0.25) is 14.6 Å². The SMILES string of the molecule is O=C(CCC(F)(F)F)NCC(=O)Nc1cccc2ncccc12.